The molecule has 2 amide bonds. The summed E-state index contributed by atoms with van der Waals surface area (Å²) in [6, 6.07) is 6.98. The summed E-state index contributed by atoms with van der Waals surface area (Å²) >= 11 is 0. The molecule has 0 aliphatic heterocycles. The van der Waals surface area contributed by atoms with Crippen LogP contribution in [0, 0.1) is 0 Å². The number of carbonyl (C=O) groups excluding carboxylic acids is 2. The average Bonchev–Trinajstić information content (AvgIpc) is 3.33. The maximum Gasteiger partial charge on any atom is 0.321 e. The topological polar surface area (TPSA) is 118 Å². The first kappa shape index (κ1) is 18.4. The number of H-pyrrole nitrogens is 1. The van der Waals surface area contributed by atoms with Crippen molar-refractivity contribution in [2.45, 2.75) is 6.92 Å². The number of benzene rings is 1. The Balaban J connectivity index is 1.85. The molecule has 0 aliphatic rings. The Kier molecular flexibility index (Phi) is 4.78. The van der Waals surface area contributed by atoms with Gasteiger partial charge >= 0.3 is 6.03 Å². The Morgan fingerprint density at radius 2 is 2.10 bits per heavy atom. The zero-order valence-electron chi connectivity index (χ0n) is 15.9. The highest BCUT2D eigenvalue weighted by molar-refractivity contribution is 6.15. The first-order valence-corrected chi connectivity index (χ1v) is 9.07. The van der Waals surface area contributed by atoms with Crippen LogP contribution in [-0.4, -0.2) is 42.9 Å². The molecular weight excluding hydrogens is 370 g/mol. The fourth-order valence-electron chi connectivity index (χ4n) is 3.03. The Bertz CT molecular complexity index is 1190. The SMILES string of the molecule is CCNC(=O)Nc1nc2cc(-c3cccnc3)cc(C(=O)c3cn(C)cn3)c2[nH]1. The quantitative estimate of drug-likeness (QED) is 0.454. The number of imidazole rings is 2. The van der Waals surface area contributed by atoms with Crippen molar-refractivity contribution in [1.82, 2.24) is 29.8 Å². The number of nitrogens with one attached hydrogen (secondary N) is 3. The van der Waals surface area contributed by atoms with Crippen LogP contribution in [0.4, 0.5) is 10.7 Å². The third-order valence-corrected chi connectivity index (χ3v) is 4.34. The van der Waals surface area contributed by atoms with Crippen molar-refractivity contribution in [2.24, 2.45) is 7.05 Å². The standard InChI is InChI=1S/C20H19N7O2/c1-3-22-20(29)26-19-24-15-8-13(12-5-4-6-21-9-12)7-14(17(15)25-19)18(28)16-10-27(2)11-23-16/h4-11H,3H2,1-2H3,(H3,22,24,25,26,29). The normalized spacial score (nSPS) is 10.8. The largest absolute Gasteiger partial charge is 0.340 e. The van der Waals surface area contributed by atoms with Gasteiger partial charge in [0.05, 0.1) is 22.9 Å². The molecule has 1 aromatic carbocycles. The number of aryl methyl sites for hydroxylation is 1. The second-order valence-corrected chi connectivity index (χ2v) is 6.48. The molecule has 0 bridgehead atoms. The molecule has 0 atom stereocenters. The van der Waals surface area contributed by atoms with Gasteiger partial charge in [0.25, 0.3) is 0 Å². The number of aromatic amines is 1. The van der Waals surface area contributed by atoms with Gasteiger partial charge in [-0.1, -0.05) is 6.07 Å². The number of hydrogen-bond donors (Lipinski definition) is 3. The summed E-state index contributed by atoms with van der Waals surface area (Å²) in [6.45, 7) is 2.31. The second kappa shape index (κ2) is 7.55. The van der Waals surface area contributed by atoms with E-state index in [0.717, 1.165) is 11.1 Å². The molecule has 4 aromatic rings. The first-order valence-electron chi connectivity index (χ1n) is 9.07. The van der Waals surface area contributed by atoms with Gasteiger partial charge in [-0.3, -0.25) is 15.1 Å². The summed E-state index contributed by atoms with van der Waals surface area (Å²) in [5.41, 5.74) is 3.46. The number of anilines is 1. The lowest BCUT2D eigenvalue weighted by atomic mass is 10.00. The van der Waals surface area contributed by atoms with Crippen LogP contribution in [0.5, 0.6) is 0 Å². The second-order valence-electron chi connectivity index (χ2n) is 6.48. The maximum atomic E-state index is 13.2. The smallest absolute Gasteiger partial charge is 0.321 e. The Morgan fingerprint density at radius 3 is 2.79 bits per heavy atom. The van der Waals surface area contributed by atoms with Gasteiger partial charge in [-0.25, -0.2) is 14.8 Å². The number of carbonyl (C=O) groups is 2. The van der Waals surface area contributed by atoms with E-state index in [-0.39, 0.29) is 17.8 Å². The highest BCUT2D eigenvalue weighted by atomic mass is 16.2. The minimum absolute atomic E-state index is 0.241. The predicted octanol–water partition coefficient (Wildman–Crippen LogP) is 2.73. The van der Waals surface area contributed by atoms with Gasteiger partial charge < -0.3 is 14.9 Å². The Hall–Kier alpha value is -4.01. The van der Waals surface area contributed by atoms with Crippen LogP contribution in [0.25, 0.3) is 22.2 Å². The number of nitrogens with zero attached hydrogens (tertiary/aromatic N) is 4. The molecule has 0 spiro atoms. The summed E-state index contributed by atoms with van der Waals surface area (Å²) in [4.78, 5) is 40.8. The van der Waals surface area contributed by atoms with Crippen LogP contribution < -0.4 is 10.6 Å². The lowest BCUT2D eigenvalue weighted by molar-refractivity contribution is 0.103. The number of urea groups is 1. The number of ketones is 1. The van der Waals surface area contributed by atoms with Crippen molar-refractivity contribution >= 4 is 28.8 Å². The van der Waals surface area contributed by atoms with Crippen molar-refractivity contribution in [2.75, 3.05) is 11.9 Å². The molecule has 3 heterocycles. The van der Waals surface area contributed by atoms with E-state index < -0.39 is 0 Å². The number of amides is 2. The molecule has 4 rings (SSSR count). The number of hydrogen-bond acceptors (Lipinski definition) is 5. The van der Waals surface area contributed by atoms with E-state index in [0.29, 0.717) is 28.8 Å². The van der Waals surface area contributed by atoms with Gasteiger partial charge in [-0.05, 0) is 30.7 Å². The molecule has 0 unspecified atom stereocenters. The summed E-state index contributed by atoms with van der Waals surface area (Å²) in [6.07, 6.45) is 6.64. The zero-order valence-corrected chi connectivity index (χ0v) is 15.9. The van der Waals surface area contributed by atoms with Crippen LogP contribution in [0.3, 0.4) is 0 Å². The maximum absolute atomic E-state index is 13.2. The molecule has 9 heteroatoms. The molecule has 0 fully saturated rings. The molecule has 0 saturated heterocycles. The molecule has 9 nitrogen and oxygen atoms in total. The minimum Gasteiger partial charge on any atom is -0.340 e. The average molecular weight is 389 g/mol. The van der Waals surface area contributed by atoms with Gasteiger partial charge in [0.1, 0.15) is 5.69 Å². The number of pyridine rings is 1. The monoisotopic (exact) mass is 389 g/mol. The first-order chi connectivity index (χ1) is 14.0. The van der Waals surface area contributed by atoms with Crippen molar-refractivity contribution in [3.8, 4) is 11.1 Å². The Labute approximate surface area is 166 Å². The number of fused-ring (bicyclic) bond motifs is 1. The molecule has 29 heavy (non-hydrogen) atoms. The van der Waals surface area contributed by atoms with E-state index in [1.165, 1.54) is 0 Å². The minimum atomic E-state index is -0.378. The van der Waals surface area contributed by atoms with Gasteiger partial charge in [-0.2, -0.15) is 0 Å². The fraction of sp³-hybridized carbons (Fsp3) is 0.150. The Morgan fingerprint density at radius 1 is 1.24 bits per heavy atom. The van der Waals surface area contributed by atoms with Crippen molar-refractivity contribution in [3.63, 3.8) is 0 Å². The highest BCUT2D eigenvalue weighted by Gasteiger charge is 2.20. The molecule has 3 N–H and O–H groups in total. The van der Waals surface area contributed by atoms with Crippen molar-refractivity contribution in [1.29, 1.82) is 0 Å². The molecule has 3 aromatic heterocycles. The van der Waals surface area contributed by atoms with Gasteiger partial charge in [0.2, 0.25) is 11.7 Å². The van der Waals surface area contributed by atoms with Gasteiger partial charge in [0, 0.05) is 37.7 Å². The molecule has 146 valence electrons. The predicted molar refractivity (Wildman–Crippen MR) is 109 cm³/mol. The lowest BCUT2D eigenvalue weighted by Crippen LogP contribution is -2.28. The molecule has 0 radical (unpaired) electrons. The van der Waals surface area contributed by atoms with E-state index in [1.54, 1.807) is 42.6 Å². The van der Waals surface area contributed by atoms with Crippen molar-refractivity contribution in [3.05, 3.63) is 60.4 Å². The summed E-state index contributed by atoms with van der Waals surface area (Å²) in [5.74, 6) is 0.0129. The fourth-order valence-corrected chi connectivity index (χ4v) is 3.03. The van der Waals surface area contributed by atoms with Crippen LogP contribution in [0.15, 0.2) is 49.2 Å². The summed E-state index contributed by atoms with van der Waals surface area (Å²) in [7, 11) is 1.80. The van der Waals surface area contributed by atoms with E-state index in [2.05, 4.69) is 30.6 Å². The summed E-state index contributed by atoms with van der Waals surface area (Å²) < 4.78 is 1.71. The molecule has 0 saturated carbocycles. The number of aromatic nitrogens is 5. The van der Waals surface area contributed by atoms with E-state index in [1.807, 2.05) is 25.1 Å². The van der Waals surface area contributed by atoms with Gasteiger partial charge in [-0.15, -0.1) is 0 Å². The van der Waals surface area contributed by atoms with Crippen molar-refractivity contribution < 1.29 is 9.59 Å². The van der Waals surface area contributed by atoms with Gasteiger partial charge in [0.15, 0.2) is 0 Å². The van der Waals surface area contributed by atoms with E-state index in [9.17, 15) is 9.59 Å². The van der Waals surface area contributed by atoms with Crippen LogP contribution in [0.1, 0.15) is 23.0 Å². The zero-order chi connectivity index (χ0) is 20.4. The van der Waals surface area contributed by atoms with Crippen LogP contribution in [0.2, 0.25) is 0 Å². The highest BCUT2D eigenvalue weighted by Crippen LogP contribution is 2.28. The number of rotatable bonds is 5. The summed E-state index contributed by atoms with van der Waals surface area (Å²) in [5, 5.41) is 5.29. The van der Waals surface area contributed by atoms with E-state index in [4.69, 9.17) is 0 Å². The van der Waals surface area contributed by atoms with Crippen LogP contribution >= 0.6 is 0 Å². The van der Waals surface area contributed by atoms with E-state index >= 15 is 0 Å². The van der Waals surface area contributed by atoms with Crippen LogP contribution in [-0.2, 0) is 7.05 Å². The molecule has 0 aliphatic carbocycles. The third-order valence-electron chi connectivity index (χ3n) is 4.34. The lowest BCUT2D eigenvalue weighted by Gasteiger charge is -2.05. The third kappa shape index (κ3) is 3.70. The molecular formula is C20H19N7O2.